The van der Waals surface area contributed by atoms with Crippen LogP contribution in [0.1, 0.15) is 39.5 Å². The summed E-state index contributed by atoms with van der Waals surface area (Å²) >= 11 is 1.51. The Morgan fingerprint density at radius 2 is 2.00 bits per heavy atom. The van der Waals surface area contributed by atoms with E-state index in [0.717, 1.165) is 25.0 Å². The van der Waals surface area contributed by atoms with Gasteiger partial charge in [0.2, 0.25) is 0 Å². The summed E-state index contributed by atoms with van der Waals surface area (Å²) in [5.41, 5.74) is 5.82. The Morgan fingerprint density at radius 3 is 2.48 bits per heavy atom. The van der Waals surface area contributed by atoms with Crippen LogP contribution in [0, 0.1) is 18.8 Å². The van der Waals surface area contributed by atoms with Gasteiger partial charge in [0, 0.05) is 32.7 Å². The van der Waals surface area contributed by atoms with Crippen molar-refractivity contribution in [2.45, 2.75) is 51.8 Å². The second kappa shape index (κ2) is 13.6. The van der Waals surface area contributed by atoms with Gasteiger partial charge in [0.1, 0.15) is 18.0 Å². The Hall–Kier alpha value is -0.562. The molecule has 0 aromatic heterocycles. The molecule has 0 aromatic rings. The Bertz CT molecular complexity index is 502. The topological polar surface area (TPSA) is 122 Å². The molecular formula is C18H33N2O5SW-. The molecule has 1 saturated carbocycles. The number of aliphatic carboxylic acids is 1. The number of rotatable bonds is 12. The first-order valence-corrected chi connectivity index (χ1v) is 9.63. The van der Waals surface area contributed by atoms with Crippen molar-refractivity contribution < 1.29 is 45.6 Å². The second-order valence-corrected chi connectivity index (χ2v) is 8.16. The van der Waals surface area contributed by atoms with Gasteiger partial charge in [0.15, 0.2) is 0 Å². The van der Waals surface area contributed by atoms with E-state index in [9.17, 15) is 14.7 Å². The first kappa shape index (κ1) is 28.6. The third-order valence-electron chi connectivity index (χ3n) is 4.39. The molecule has 3 atom stereocenters. The van der Waals surface area contributed by atoms with E-state index in [-0.39, 0.29) is 39.8 Å². The number of thioether (sulfide) groups is 1. The van der Waals surface area contributed by atoms with Crippen molar-refractivity contribution >= 4 is 23.7 Å². The van der Waals surface area contributed by atoms with Crippen molar-refractivity contribution in [3.05, 3.63) is 19.2 Å². The van der Waals surface area contributed by atoms with Gasteiger partial charge in [-0.2, -0.15) is 11.8 Å². The van der Waals surface area contributed by atoms with Gasteiger partial charge in [-0.1, -0.05) is 19.9 Å². The van der Waals surface area contributed by atoms with Crippen molar-refractivity contribution in [2.75, 3.05) is 18.6 Å². The van der Waals surface area contributed by atoms with Crippen LogP contribution in [0.15, 0.2) is 11.8 Å². The van der Waals surface area contributed by atoms with Crippen LogP contribution in [0.4, 0.5) is 0 Å². The Morgan fingerprint density at radius 1 is 1.41 bits per heavy atom. The number of aliphatic hydroxyl groups is 1. The fraction of sp³-hybridized carbons (Fsp3) is 0.722. The monoisotopic (exact) mass is 573 g/mol. The van der Waals surface area contributed by atoms with Crippen LogP contribution in [-0.2, 0) is 35.4 Å². The summed E-state index contributed by atoms with van der Waals surface area (Å²) < 4.78 is 4.76. The summed E-state index contributed by atoms with van der Waals surface area (Å²) in [5.74, 6) is -0.130. The molecule has 0 bridgehead atoms. The van der Waals surface area contributed by atoms with Gasteiger partial charge in [-0.15, -0.1) is 0 Å². The van der Waals surface area contributed by atoms with Gasteiger partial charge in [-0.25, -0.2) is 4.79 Å². The maximum absolute atomic E-state index is 11.8. The zero-order valence-electron chi connectivity index (χ0n) is 16.6. The van der Waals surface area contributed by atoms with Crippen LogP contribution in [0.5, 0.6) is 0 Å². The molecule has 1 fully saturated rings. The number of carboxylic acid groups (broad SMARTS) is 1. The molecule has 9 heteroatoms. The first-order valence-electron chi connectivity index (χ1n) is 8.48. The van der Waals surface area contributed by atoms with Crippen molar-refractivity contribution in [1.29, 1.82) is 0 Å². The quantitative estimate of drug-likeness (QED) is 0.0917. The summed E-state index contributed by atoms with van der Waals surface area (Å²) in [6.07, 6.45) is 4.32. The number of carbonyl (C=O) groups is 2. The summed E-state index contributed by atoms with van der Waals surface area (Å²) in [6, 6.07) is -0.826. The number of hydrogen-bond donors (Lipinski definition) is 4. The number of nitrogens with one attached hydrogen (secondary N) is 1. The Balaban J connectivity index is 0. The minimum Gasteiger partial charge on any atom is -0.480 e. The van der Waals surface area contributed by atoms with Gasteiger partial charge in [-0.05, 0) is 36.9 Å². The van der Waals surface area contributed by atoms with E-state index in [2.05, 4.69) is 19.2 Å². The molecule has 1 aliphatic carbocycles. The molecule has 158 valence electrons. The Labute approximate surface area is 181 Å². The predicted octanol–water partition coefficient (Wildman–Crippen LogP) is 1.76. The number of nitrogens with two attached hydrogens (primary N) is 1. The van der Waals surface area contributed by atoms with E-state index >= 15 is 0 Å². The molecule has 0 radical (unpaired) electrons. The Kier molecular flexibility index (Phi) is 14.4. The first-order chi connectivity index (χ1) is 11.7. The number of hydrogen-bond acceptors (Lipinski definition) is 7. The normalized spacial score (nSPS) is 19.7. The minimum atomic E-state index is -0.985. The number of ether oxygens (including phenoxy) is 1. The van der Waals surface area contributed by atoms with Gasteiger partial charge in [0.25, 0.3) is 0 Å². The zero-order valence-corrected chi connectivity index (χ0v) is 20.3. The van der Waals surface area contributed by atoms with Crippen molar-refractivity contribution in [3.63, 3.8) is 0 Å². The van der Waals surface area contributed by atoms with E-state index < -0.39 is 24.2 Å². The molecule has 2 unspecified atom stereocenters. The summed E-state index contributed by atoms with van der Waals surface area (Å²) in [5, 5.41) is 21.7. The summed E-state index contributed by atoms with van der Waals surface area (Å²) in [4.78, 5) is 22.4. The molecule has 0 spiro atoms. The molecule has 0 amide bonds. The average molecular weight is 573 g/mol. The van der Waals surface area contributed by atoms with E-state index in [1.807, 2.05) is 0 Å². The number of aliphatic hydroxyl groups excluding tert-OH is 1. The molecule has 7 nitrogen and oxygen atoms in total. The molecule has 1 rings (SSSR count). The van der Waals surface area contributed by atoms with Crippen LogP contribution >= 0.6 is 11.8 Å². The summed E-state index contributed by atoms with van der Waals surface area (Å²) in [6.45, 7) is 4.16. The summed E-state index contributed by atoms with van der Waals surface area (Å²) in [7, 11) is 1.31. The molecule has 27 heavy (non-hydrogen) atoms. The van der Waals surface area contributed by atoms with Crippen molar-refractivity contribution in [3.8, 4) is 0 Å². The molecular weight excluding hydrogens is 540 g/mol. The van der Waals surface area contributed by atoms with E-state index in [1.165, 1.54) is 18.9 Å². The second-order valence-electron chi connectivity index (χ2n) is 7.01. The van der Waals surface area contributed by atoms with E-state index in [4.69, 9.17) is 15.6 Å². The van der Waals surface area contributed by atoms with E-state index in [1.54, 1.807) is 6.08 Å². The predicted molar refractivity (Wildman–Crippen MR) is 104 cm³/mol. The molecule has 0 saturated heterocycles. The number of methoxy groups -OCH3 is 1. The van der Waals surface area contributed by atoms with Gasteiger partial charge >= 0.3 is 11.9 Å². The number of allylic oxidation sites excluding steroid dienone is 1. The zero-order chi connectivity index (χ0) is 19.0. The van der Waals surface area contributed by atoms with Crippen LogP contribution in [0.3, 0.4) is 0 Å². The largest absolute Gasteiger partial charge is 0.480 e. The number of carboxylic acids is 1. The maximum Gasteiger partial charge on any atom is 0.353 e. The van der Waals surface area contributed by atoms with Gasteiger partial charge in [-0.3, -0.25) is 4.79 Å². The third-order valence-corrected chi connectivity index (χ3v) is 5.56. The molecule has 5 N–H and O–H groups in total. The van der Waals surface area contributed by atoms with Gasteiger partial charge in [0.05, 0.1) is 7.11 Å². The molecule has 0 heterocycles. The fourth-order valence-electron chi connectivity index (χ4n) is 2.49. The third kappa shape index (κ3) is 10.5. The fourth-order valence-corrected chi connectivity index (χ4v) is 3.47. The van der Waals surface area contributed by atoms with Crippen molar-refractivity contribution in [2.24, 2.45) is 17.1 Å². The van der Waals surface area contributed by atoms with Crippen LogP contribution < -0.4 is 11.1 Å². The van der Waals surface area contributed by atoms with E-state index in [0.29, 0.717) is 17.9 Å². The van der Waals surface area contributed by atoms with Crippen LogP contribution in [0.2, 0.25) is 0 Å². The number of esters is 1. The average Bonchev–Trinajstić information content (AvgIpc) is 3.20. The molecule has 0 aliphatic heterocycles. The minimum absolute atomic E-state index is 0. The molecule has 1 aliphatic rings. The SMILES string of the molecule is COC(=O)/C(=C/CCCCSC[C@H](N)C(=O)O)NC(O)C1CC1(C)C.[CH3-].[W]. The number of unbranched alkanes of at least 4 members (excludes halogenated alkanes) is 2. The van der Waals surface area contributed by atoms with Gasteiger partial charge < -0.3 is 33.4 Å². The van der Waals surface area contributed by atoms with Crippen molar-refractivity contribution in [1.82, 2.24) is 5.32 Å². The van der Waals surface area contributed by atoms with Crippen LogP contribution in [-0.4, -0.2) is 53.0 Å². The molecule has 0 aromatic carbocycles. The maximum atomic E-state index is 11.8. The van der Waals surface area contributed by atoms with Crippen LogP contribution in [0.25, 0.3) is 0 Å². The number of carbonyl (C=O) groups excluding carboxylic acids is 1. The standard InChI is InChI=1S/C17H30N2O5S.CH3.W/c1-17(2)9-11(17)14(20)19-13(16(23)24-3)7-5-4-6-8-25-10-12(18)15(21)22;;/h7,11-12,14,19-20H,4-6,8-10,18H2,1-3H3,(H,21,22);1H3;/q;-1;/b13-7-;;/t11?,12-,14?;;/m0../s1. The smallest absolute Gasteiger partial charge is 0.353 e.